The molecule has 0 heterocycles. The number of hydrogen-bond acceptors (Lipinski definition) is 1. The Morgan fingerprint density at radius 2 is 1.32 bits per heavy atom. The minimum Gasteiger partial charge on any atom is -0.359 e. The number of aryl methyl sites for hydroxylation is 2. The number of hydrogen-bond donors (Lipinski definition) is 1. The van der Waals surface area contributed by atoms with E-state index in [0.29, 0.717) is 6.42 Å². The molecule has 0 bridgehead atoms. The van der Waals surface area contributed by atoms with Crippen molar-refractivity contribution in [3.63, 3.8) is 0 Å². The highest BCUT2D eigenvalue weighted by Crippen LogP contribution is 2.11. The van der Waals surface area contributed by atoms with Crippen LogP contribution in [0.4, 0.5) is 4.39 Å². The summed E-state index contributed by atoms with van der Waals surface area (Å²) in [5, 5.41) is 2.63. The average Bonchev–Trinajstić information content (AvgIpc) is 2.54. The van der Waals surface area contributed by atoms with Gasteiger partial charge in [-0.05, 0) is 54.5 Å². The maximum atomic E-state index is 12.8. The van der Waals surface area contributed by atoms with Gasteiger partial charge in [0.05, 0.1) is 6.42 Å². The summed E-state index contributed by atoms with van der Waals surface area (Å²) in [5.74, 6) is -0.146. The molecule has 0 spiro atoms. The van der Waals surface area contributed by atoms with Crippen LogP contribution in [0.3, 0.4) is 0 Å². The van der Waals surface area contributed by atoms with Gasteiger partial charge in [-0.1, -0.05) is 36.4 Å². The highest BCUT2D eigenvalue weighted by molar-refractivity contribution is 5.78. The summed E-state index contributed by atoms with van der Waals surface area (Å²) < 4.78 is 12.8. The molecule has 1 amide bonds. The lowest BCUT2D eigenvalue weighted by molar-refractivity contribution is -0.119. The van der Waals surface area contributed by atoms with E-state index in [1.807, 2.05) is 24.3 Å². The number of likely N-dealkylation sites (N-methyl/N-ethyl adjacent to an activating group) is 1. The number of carbonyl (C=O) groups excluding carboxylic acids is 1. The van der Waals surface area contributed by atoms with Crippen LogP contribution in [0.25, 0.3) is 0 Å². The molecule has 0 aliphatic heterocycles. The highest BCUT2D eigenvalue weighted by atomic mass is 19.1. The third-order valence-corrected chi connectivity index (χ3v) is 3.76. The molecular weight excluding hydrogens is 277 g/mol. The second-order valence-electron chi connectivity index (χ2n) is 5.50. The molecule has 2 nitrogen and oxygen atoms in total. The van der Waals surface area contributed by atoms with E-state index in [2.05, 4.69) is 17.4 Å². The van der Waals surface area contributed by atoms with Crippen LogP contribution in [0.1, 0.15) is 29.5 Å². The van der Waals surface area contributed by atoms with E-state index in [9.17, 15) is 9.18 Å². The summed E-state index contributed by atoms with van der Waals surface area (Å²) in [4.78, 5) is 11.3. The molecular formula is C19H22FNO. The third-order valence-electron chi connectivity index (χ3n) is 3.76. The zero-order valence-corrected chi connectivity index (χ0v) is 12.9. The van der Waals surface area contributed by atoms with E-state index in [1.165, 1.54) is 23.3 Å². The van der Waals surface area contributed by atoms with Crippen LogP contribution >= 0.6 is 0 Å². The number of nitrogens with one attached hydrogen (secondary N) is 1. The van der Waals surface area contributed by atoms with E-state index in [-0.39, 0.29) is 11.7 Å². The van der Waals surface area contributed by atoms with E-state index in [1.54, 1.807) is 7.05 Å². The van der Waals surface area contributed by atoms with Crippen molar-refractivity contribution in [1.82, 2.24) is 5.32 Å². The van der Waals surface area contributed by atoms with E-state index in [4.69, 9.17) is 0 Å². The Morgan fingerprint density at radius 1 is 0.864 bits per heavy atom. The largest absolute Gasteiger partial charge is 0.359 e. The number of amides is 1. The Morgan fingerprint density at radius 3 is 1.82 bits per heavy atom. The summed E-state index contributed by atoms with van der Waals surface area (Å²) in [7, 11) is 1.65. The first-order valence-corrected chi connectivity index (χ1v) is 7.70. The predicted molar refractivity (Wildman–Crippen MR) is 87.3 cm³/mol. The van der Waals surface area contributed by atoms with E-state index in [0.717, 1.165) is 31.2 Å². The molecule has 116 valence electrons. The van der Waals surface area contributed by atoms with Crippen LogP contribution < -0.4 is 5.32 Å². The van der Waals surface area contributed by atoms with Gasteiger partial charge >= 0.3 is 0 Å². The quantitative estimate of drug-likeness (QED) is 0.776. The van der Waals surface area contributed by atoms with Gasteiger partial charge in [0.2, 0.25) is 5.91 Å². The fourth-order valence-corrected chi connectivity index (χ4v) is 2.41. The van der Waals surface area contributed by atoms with Gasteiger partial charge in [0.25, 0.3) is 0 Å². The Bertz CT molecular complexity index is 590. The van der Waals surface area contributed by atoms with Gasteiger partial charge < -0.3 is 5.32 Å². The summed E-state index contributed by atoms with van der Waals surface area (Å²) in [6.07, 6.45) is 4.63. The number of rotatable bonds is 7. The zero-order chi connectivity index (χ0) is 15.8. The van der Waals surface area contributed by atoms with Gasteiger partial charge in [0.15, 0.2) is 0 Å². The van der Waals surface area contributed by atoms with Crippen LogP contribution in [0.2, 0.25) is 0 Å². The Balaban J connectivity index is 1.72. The fourth-order valence-electron chi connectivity index (χ4n) is 2.41. The molecule has 0 aromatic heterocycles. The standard InChI is InChI=1S/C19H22FNO/c1-21-19(22)14-17-8-6-15(7-9-17)4-2-3-5-16-10-12-18(20)13-11-16/h6-13H,2-5,14H2,1H3,(H,21,22). The second kappa shape index (κ2) is 8.32. The molecule has 3 heteroatoms. The number of benzene rings is 2. The monoisotopic (exact) mass is 299 g/mol. The van der Waals surface area contributed by atoms with Crippen LogP contribution in [0, 0.1) is 5.82 Å². The first-order valence-electron chi connectivity index (χ1n) is 7.70. The molecule has 2 aromatic carbocycles. The van der Waals surface area contributed by atoms with Crippen LogP contribution in [0.5, 0.6) is 0 Å². The molecule has 0 radical (unpaired) electrons. The van der Waals surface area contributed by atoms with Crippen molar-refractivity contribution < 1.29 is 9.18 Å². The molecule has 0 atom stereocenters. The number of carbonyl (C=O) groups is 1. The van der Waals surface area contributed by atoms with Crippen molar-refractivity contribution >= 4 is 5.91 Å². The van der Waals surface area contributed by atoms with Gasteiger partial charge in [-0.2, -0.15) is 0 Å². The topological polar surface area (TPSA) is 29.1 Å². The van der Waals surface area contributed by atoms with E-state index >= 15 is 0 Å². The summed E-state index contributed by atoms with van der Waals surface area (Å²) in [5.41, 5.74) is 3.51. The third kappa shape index (κ3) is 5.32. The molecule has 2 aromatic rings. The first-order chi connectivity index (χ1) is 10.7. The van der Waals surface area contributed by atoms with Crippen molar-refractivity contribution in [3.8, 4) is 0 Å². The Kier molecular flexibility index (Phi) is 6.13. The maximum Gasteiger partial charge on any atom is 0.224 e. The van der Waals surface area contributed by atoms with Crippen molar-refractivity contribution in [3.05, 3.63) is 71.0 Å². The van der Waals surface area contributed by atoms with Crippen molar-refractivity contribution in [2.45, 2.75) is 32.1 Å². The van der Waals surface area contributed by atoms with Crippen LogP contribution in [-0.4, -0.2) is 13.0 Å². The highest BCUT2D eigenvalue weighted by Gasteiger charge is 2.01. The van der Waals surface area contributed by atoms with E-state index < -0.39 is 0 Å². The summed E-state index contributed by atoms with van der Waals surface area (Å²) >= 11 is 0. The molecule has 0 aliphatic carbocycles. The Hall–Kier alpha value is -2.16. The summed E-state index contributed by atoms with van der Waals surface area (Å²) in [6, 6.07) is 15.0. The zero-order valence-electron chi connectivity index (χ0n) is 12.9. The van der Waals surface area contributed by atoms with Crippen molar-refractivity contribution in [2.75, 3.05) is 7.05 Å². The lowest BCUT2D eigenvalue weighted by atomic mass is 10.0. The minimum absolute atomic E-state index is 0.0343. The number of unbranched alkanes of at least 4 members (excludes halogenated alkanes) is 1. The van der Waals surface area contributed by atoms with Crippen molar-refractivity contribution in [2.24, 2.45) is 0 Å². The predicted octanol–water partition coefficient (Wildman–Crippen LogP) is 3.68. The van der Waals surface area contributed by atoms with Crippen molar-refractivity contribution in [1.29, 1.82) is 0 Å². The van der Waals surface area contributed by atoms with Crippen LogP contribution in [0.15, 0.2) is 48.5 Å². The molecule has 0 fully saturated rings. The Labute approximate surface area is 131 Å². The molecule has 0 aliphatic rings. The fraction of sp³-hybridized carbons (Fsp3) is 0.316. The summed E-state index contributed by atoms with van der Waals surface area (Å²) in [6.45, 7) is 0. The van der Waals surface area contributed by atoms with Gasteiger partial charge in [-0.25, -0.2) is 4.39 Å². The maximum absolute atomic E-state index is 12.8. The van der Waals surface area contributed by atoms with Gasteiger partial charge in [0, 0.05) is 7.05 Å². The molecule has 0 unspecified atom stereocenters. The molecule has 0 saturated carbocycles. The smallest absolute Gasteiger partial charge is 0.224 e. The van der Waals surface area contributed by atoms with Gasteiger partial charge in [-0.3, -0.25) is 4.79 Å². The SMILES string of the molecule is CNC(=O)Cc1ccc(CCCCc2ccc(F)cc2)cc1. The minimum atomic E-state index is -0.180. The van der Waals surface area contributed by atoms with Gasteiger partial charge in [0.1, 0.15) is 5.82 Å². The molecule has 1 N–H and O–H groups in total. The lowest BCUT2D eigenvalue weighted by Gasteiger charge is -2.05. The molecule has 22 heavy (non-hydrogen) atoms. The first kappa shape index (κ1) is 16.2. The second-order valence-corrected chi connectivity index (χ2v) is 5.50. The molecule has 2 rings (SSSR count). The average molecular weight is 299 g/mol. The normalized spacial score (nSPS) is 10.5. The number of halogens is 1. The lowest BCUT2D eigenvalue weighted by Crippen LogP contribution is -2.19. The van der Waals surface area contributed by atoms with Crippen LogP contribution in [-0.2, 0) is 24.1 Å². The molecule has 0 saturated heterocycles. The van der Waals surface area contributed by atoms with Gasteiger partial charge in [-0.15, -0.1) is 0 Å².